The highest BCUT2D eigenvalue weighted by atomic mass is 16.5. The lowest BCUT2D eigenvalue weighted by molar-refractivity contribution is -0.119. The van der Waals surface area contributed by atoms with Crippen LogP contribution < -0.4 is 15.8 Å². The third-order valence-electron chi connectivity index (χ3n) is 4.65. The normalized spacial score (nSPS) is 15.3. The van der Waals surface area contributed by atoms with Gasteiger partial charge in [-0.2, -0.15) is 0 Å². The first-order valence-electron chi connectivity index (χ1n) is 9.18. The van der Waals surface area contributed by atoms with E-state index < -0.39 is 0 Å². The summed E-state index contributed by atoms with van der Waals surface area (Å²) in [6, 6.07) is 17.2. The van der Waals surface area contributed by atoms with Gasteiger partial charge in [0.2, 0.25) is 5.91 Å². The molecule has 0 saturated carbocycles. The molecule has 0 bridgehead atoms. The maximum Gasteiger partial charge on any atom is 0.251 e. The average Bonchev–Trinajstić information content (AvgIpc) is 2.68. The number of piperidine rings is 1. The molecule has 0 atom stereocenters. The van der Waals surface area contributed by atoms with Crippen molar-refractivity contribution in [2.45, 2.75) is 25.5 Å². The molecule has 0 aliphatic carbocycles. The fraction of sp³-hybridized carbons (Fsp3) is 0.333. The van der Waals surface area contributed by atoms with E-state index in [1.54, 1.807) is 12.1 Å². The molecule has 3 N–H and O–H groups in total. The summed E-state index contributed by atoms with van der Waals surface area (Å²) in [4.78, 5) is 25.5. The monoisotopic (exact) mass is 367 g/mol. The van der Waals surface area contributed by atoms with Crippen LogP contribution in [0.15, 0.2) is 54.6 Å². The zero-order valence-electron chi connectivity index (χ0n) is 15.3. The number of ether oxygens (including phenoxy) is 1. The number of amides is 2. The van der Waals surface area contributed by atoms with Crippen molar-refractivity contribution < 1.29 is 14.3 Å². The molecule has 27 heavy (non-hydrogen) atoms. The van der Waals surface area contributed by atoms with E-state index in [9.17, 15) is 9.59 Å². The van der Waals surface area contributed by atoms with Crippen molar-refractivity contribution in [2.75, 3.05) is 19.6 Å². The van der Waals surface area contributed by atoms with E-state index in [1.165, 1.54) is 0 Å². The number of hydrogen-bond acceptors (Lipinski definition) is 4. The van der Waals surface area contributed by atoms with Gasteiger partial charge < -0.3 is 15.8 Å². The van der Waals surface area contributed by atoms with Crippen LogP contribution in [-0.4, -0.2) is 42.4 Å². The Kier molecular flexibility index (Phi) is 6.44. The second-order valence-electron chi connectivity index (χ2n) is 6.79. The van der Waals surface area contributed by atoms with E-state index in [2.05, 4.69) is 5.32 Å². The number of carbonyl (C=O) groups excluding carboxylic acids is 2. The van der Waals surface area contributed by atoms with Gasteiger partial charge in [-0.15, -0.1) is 0 Å². The molecule has 2 amide bonds. The van der Waals surface area contributed by atoms with E-state index in [0.717, 1.165) is 31.5 Å². The number of nitrogens with two attached hydrogens (primary N) is 1. The molecule has 1 heterocycles. The maximum absolute atomic E-state index is 12.5. The summed E-state index contributed by atoms with van der Waals surface area (Å²) in [6.07, 6.45) is 1.62. The van der Waals surface area contributed by atoms with Crippen LogP contribution in [-0.2, 0) is 11.4 Å². The number of hydrogen-bond donors (Lipinski definition) is 2. The Balaban J connectivity index is 1.51. The van der Waals surface area contributed by atoms with Gasteiger partial charge in [0.25, 0.3) is 5.91 Å². The molecule has 1 fully saturated rings. The van der Waals surface area contributed by atoms with Crippen LogP contribution in [0.5, 0.6) is 5.75 Å². The van der Waals surface area contributed by atoms with Crippen LogP contribution in [0.1, 0.15) is 28.8 Å². The molecule has 2 aromatic carbocycles. The smallest absolute Gasteiger partial charge is 0.251 e. The van der Waals surface area contributed by atoms with Gasteiger partial charge in [0.1, 0.15) is 12.4 Å². The molecule has 0 unspecified atom stereocenters. The van der Waals surface area contributed by atoms with E-state index in [0.29, 0.717) is 17.9 Å². The molecule has 0 aromatic heterocycles. The van der Waals surface area contributed by atoms with Crippen molar-refractivity contribution in [3.05, 3.63) is 65.7 Å². The zero-order valence-corrected chi connectivity index (χ0v) is 15.3. The Bertz CT molecular complexity index is 771. The van der Waals surface area contributed by atoms with Gasteiger partial charge in [-0.1, -0.05) is 36.4 Å². The first kappa shape index (κ1) is 18.9. The highest BCUT2D eigenvalue weighted by molar-refractivity contribution is 5.94. The molecule has 3 rings (SSSR count). The van der Waals surface area contributed by atoms with Gasteiger partial charge in [-0.05, 0) is 36.6 Å². The van der Waals surface area contributed by atoms with Crippen LogP contribution in [0, 0.1) is 0 Å². The molecule has 1 aliphatic heterocycles. The predicted molar refractivity (Wildman–Crippen MR) is 103 cm³/mol. The fourth-order valence-electron chi connectivity index (χ4n) is 3.19. The molecule has 1 aliphatic rings. The van der Waals surface area contributed by atoms with Crippen molar-refractivity contribution >= 4 is 11.8 Å². The summed E-state index contributed by atoms with van der Waals surface area (Å²) in [5.41, 5.74) is 6.89. The largest absolute Gasteiger partial charge is 0.489 e. The molecule has 0 spiro atoms. The second kappa shape index (κ2) is 9.19. The van der Waals surface area contributed by atoms with Crippen LogP contribution >= 0.6 is 0 Å². The number of benzene rings is 2. The SMILES string of the molecule is NC(=O)CN1CCC(NC(=O)c2cccc(OCc3ccccc3)c2)CC1. The summed E-state index contributed by atoms with van der Waals surface area (Å²) in [5, 5.41) is 3.07. The minimum absolute atomic E-state index is 0.103. The van der Waals surface area contributed by atoms with E-state index in [1.807, 2.05) is 47.4 Å². The van der Waals surface area contributed by atoms with Gasteiger partial charge in [-0.25, -0.2) is 0 Å². The number of likely N-dealkylation sites (tertiary alicyclic amines) is 1. The fourth-order valence-corrected chi connectivity index (χ4v) is 3.19. The molecular weight excluding hydrogens is 342 g/mol. The number of rotatable bonds is 7. The first-order valence-corrected chi connectivity index (χ1v) is 9.18. The maximum atomic E-state index is 12.5. The number of nitrogens with one attached hydrogen (secondary N) is 1. The lowest BCUT2D eigenvalue weighted by atomic mass is 10.0. The van der Waals surface area contributed by atoms with Crippen LogP contribution in [0.25, 0.3) is 0 Å². The van der Waals surface area contributed by atoms with Gasteiger partial charge in [0.05, 0.1) is 6.54 Å². The lowest BCUT2D eigenvalue weighted by Crippen LogP contribution is -2.46. The van der Waals surface area contributed by atoms with Gasteiger partial charge >= 0.3 is 0 Å². The molecular formula is C21H25N3O3. The Morgan fingerprint density at radius 2 is 1.81 bits per heavy atom. The van der Waals surface area contributed by atoms with Gasteiger partial charge in [0.15, 0.2) is 0 Å². The van der Waals surface area contributed by atoms with Gasteiger partial charge in [-0.3, -0.25) is 14.5 Å². The highest BCUT2D eigenvalue weighted by Gasteiger charge is 2.22. The Morgan fingerprint density at radius 3 is 2.52 bits per heavy atom. The minimum Gasteiger partial charge on any atom is -0.489 e. The topological polar surface area (TPSA) is 84.7 Å². The third kappa shape index (κ3) is 5.82. The van der Waals surface area contributed by atoms with Crippen LogP contribution in [0.3, 0.4) is 0 Å². The van der Waals surface area contributed by atoms with E-state index in [-0.39, 0.29) is 24.4 Å². The average molecular weight is 367 g/mol. The van der Waals surface area contributed by atoms with Gasteiger partial charge in [0, 0.05) is 24.7 Å². The van der Waals surface area contributed by atoms with E-state index >= 15 is 0 Å². The standard InChI is InChI=1S/C21H25N3O3/c22-20(25)14-24-11-9-18(10-12-24)23-21(26)17-7-4-8-19(13-17)27-15-16-5-2-1-3-6-16/h1-8,13,18H,9-12,14-15H2,(H2,22,25)(H,23,26). The molecule has 1 saturated heterocycles. The number of carbonyl (C=O) groups is 2. The van der Waals surface area contributed by atoms with Crippen molar-refractivity contribution in [3.63, 3.8) is 0 Å². The Hall–Kier alpha value is -2.86. The highest BCUT2D eigenvalue weighted by Crippen LogP contribution is 2.16. The zero-order chi connectivity index (χ0) is 19.1. The molecule has 6 heteroatoms. The third-order valence-corrected chi connectivity index (χ3v) is 4.65. The Morgan fingerprint density at radius 1 is 1.07 bits per heavy atom. The van der Waals surface area contributed by atoms with E-state index in [4.69, 9.17) is 10.5 Å². The predicted octanol–water partition coefficient (Wildman–Crippen LogP) is 1.95. The van der Waals surface area contributed by atoms with Crippen molar-refractivity contribution in [3.8, 4) is 5.75 Å². The number of primary amides is 1. The Labute approximate surface area is 159 Å². The minimum atomic E-state index is -0.315. The summed E-state index contributed by atoms with van der Waals surface area (Å²) in [5.74, 6) is 0.251. The summed E-state index contributed by atoms with van der Waals surface area (Å²) in [6.45, 7) is 2.26. The van der Waals surface area contributed by atoms with Crippen LogP contribution in [0.4, 0.5) is 0 Å². The number of nitrogens with zero attached hydrogens (tertiary/aromatic N) is 1. The molecule has 6 nitrogen and oxygen atoms in total. The molecule has 2 aromatic rings. The van der Waals surface area contributed by atoms with Crippen molar-refractivity contribution in [2.24, 2.45) is 5.73 Å². The quantitative estimate of drug-likeness (QED) is 0.783. The van der Waals surface area contributed by atoms with Crippen molar-refractivity contribution in [1.29, 1.82) is 0 Å². The molecule has 142 valence electrons. The lowest BCUT2D eigenvalue weighted by Gasteiger charge is -2.31. The summed E-state index contributed by atoms with van der Waals surface area (Å²) in [7, 11) is 0. The second-order valence-corrected chi connectivity index (χ2v) is 6.79. The summed E-state index contributed by atoms with van der Waals surface area (Å²) < 4.78 is 5.79. The van der Waals surface area contributed by atoms with Crippen LogP contribution in [0.2, 0.25) is 0 Å². The first-order chi connectivity index (χ1) is 13.1. The van der Waals surface area contributed by atoms with Crippen molar-refractivity contribution in [1.82, 2.24) is 10.2 Å². The molecule has 0 radical (unpaired) electrons. The summed E-state index contributed by atoms with van der Waals surface area (Å²) >= 11 is 0.